The molecule has 18 heavy (non-hydrogen) atoms. The third-order valence-corrected chi connectivity index (χ3v) is 3.97. The second kappa shape index (κ2) is 4.26. The minimum Gasteiger partial charge on any atom is -0.369 e. The first-order valence-corrected chi connectivity index (χ1v) is 6.75. The van der Waals surface area contributed by atoms with Crippen LogP contribution >= 0.6 is 0 Å². The van der Waals surface area contributed by atoms with Gasteiger partial charge in [0, 0.05) is 12.2 Å². The number of anilines is 1. The molecule has 1 saturated carbocycles. The van der Waals surface area contributed by atoms with Gasteiger partial charge >= 0.3 is 0 Å². The van der Waals surface area contributed by atoms with Gasteiger partial charge in [0.15, 0.2) is 5.65 Å². The molecule has 0 radical (unpaired) electrons. The van der Waals surface area contributed by atoms with Crippen molar-refractivity contribution >= 4 is 17.1 Å². The zero-order chi connectivity index (χ0) is 12.7. The standard InChI is InChI=1S/C14H20N4/c1-9-4-3-5-11(6-9)18-13-12(17-14(18)15)7-10(2)8-16-13/h7-9,11H,3-6H2,1-2H3,(H2,15,17). The van der Waals surface area contributed by atoms with E-state index in [1.54, 1.807) is 0 Å². The quantitative estimate of drug-likeness (QED) is 0.838. The Labute approximate surface area is 107 Å². The molecule has 0 amide bonds. The Morgan fingerprint density at radius 2 is 2.22 bits per heavy atom. The van der Waals surface area contributed by atoms with Gasteiger partial charge in [0.1, 0.15) is 5.52 Å². The Hall–Kier alpha value is -1.58. The van der Waals surface area contributed by atoms with Crippen molar-refractivity contribution < 1.29 is 0 Å². The summed E-state index contributed by atoms with van der Waals surface area (Å²) in [6.45, 7) is 4.35. The fourth-order valence-corrected chi connectivity index (χ4v) is 3.10. The van der Waals surface area contributed by atoms with Gasteiger partial charge in [-0.2, -0.15) is 0 Å². The monoisotopic (exact) mass is 244 g/mol. The number of fused-ring (bicyclic) bond motifs is 1. The number of rotatable bonds is 1. The van der Waals surface area contributed by atoms with Gasteiger partial charge in [-0.1, -0.05) is 19.8 Å². The molecule has 1 aliphatic rings. The highest BCUT2D eigenvalue weighted by molar-refractivity contribution is 5.74. The summed E-state index contributed by atoms with van der Waals surface area (Å²) in [5.74, 6) is 1.38. The largest absolute Gasteiger partial charge is 0.369 e. The maximum Gasteiger partial charge on any atom is 0.202 e. The Morgan fingerprint density at radius 3 is 3.00 bits per heavy atom. The number of imidazole rings is 1. The molecule has 2 N–H and O–H groups in total. The average molecular weight is 244 g/mol. The number of aryl methyl sites for hydroxylation is 1. The maximum atomic E-state index is 6.09. The van der Waals surface area contributed by atoms with E-state index < -0.39 is 0 Å². The van der Waals surface area contributed by atoms with Crippen LogP contribution in [-0.2, 0) is 0 Å². The number of pyridine rings is 1. The molecule has 2 unspecified atom stereocenters. The first-order chi connectivity index (χ1) is 8.65. The van der Waals surface area contributed by atoms with Crippen molar-refractivity contribution in [1.82, 2.24) is 14.5 Å². The van der Waals surface area contributed by atoms with Crippen molar-refractivity contribution in [3.63, 3.8) is 0 Å². The third kappa shape index (κ3) is 1.85. The molecule has 4 heteroatoms. The van der Waals surface area contributed by atoms with Crippen LogP contribution in [0.5, 0.6) is 0 Å². The summed E-state index contributed by atoms with van der Waals surface area (Å²) in [4.78, 5) is 8.97. The van der Waals surface area contributed by atoms with Gasteiger partial charge in [0.05, 0.1) is 0 Å². The fraction of sp³-hybridized carbons (Fsp3) is 0.571. The molecule has 0 aliphatic heterocycles. The Balaban J connectivity index is 2.07. The first-order valence-electron chi connectivity index (χ1n) is 6.75. The van der Waals surface area contributed by atoms with E-state index in [1.807, 2.05) is 13.1 Å². The highest BCUT2D eigenvalue weighted by atomic mass is 15.2. The van der Waals surface area contributed by atoms with Crippen LogP contribution in [0, 0.1) is 12.8 Å². The highest BCUT2D eigenvalue weighted by Crippen LogP contribution is 2.35. The smallest absolute Gasteiger partial charge is 0.202 e. The van der Waals surface area contributed by atoms with Crippen molar-refractivity contribution in [3.8, 4) is 0 Å². The Kier molecular flexibility index (Phi) is 2.73. The lowest BCUT2D eigenvalue weighted by atomic mass is 9.87. The summed E-state index contributed by atoms with van der Waals surface area (Å²) in [7, 11) is 0. The second-order valence-electron chi connectivity index (χ2n) is 5.62. The van der Waals surface area contributed by atoms with Crippen molar-refractivity contribution in [2.75, 3.05) is 5.73 Å². The number of aromatic nitrogens is 3. The molecule has 2 atom stereocenters. The van der Waals surface area contributed by atoms with Gasteiger partial charge in [0.2, 0.25) is 5.95 Å². The van der Waals surface area contributed by atoms with Gasteiger partial charge in [-0.25, -0.2) is 9.97 Å². The molecular formula is C14H20N4. The van der Waals surface area contributed by atoms with Gasteiger partial charge in [-0.15, -0.1) is 0 Å². The number of nitrogen functional groups attached to an aromatic ring is 1. The minimum absolute atomic E-state index is 0.467. The Morgan fingerprint density at radius 1 is 1.39 bits per heavy atom. The number of nitrogens with zero attached hydrogens (tertiary/aromatic N) is 3. The van der Waals surface area contributed by atoms with E-state index in [2.05, 4.69) is 27.5 Å². The van der Waals surface area contributed by atoms with Crippen molar-refractivity contribution in [1.29, 1.82) is 0 Å². The number of hydrogen-bond donors (Lipinski definition) is 1. The summed E-state index contributed by atoms with van der Waals surface area (Å²) in [5.41, 5.74) is 9.08. The van der Waals surface area contributed by atoms with Crippen molar-refractivity contribution in [3.05, 3.63) is 17.8 Å². The fourth-order valence-electron chi connectivity index (χ4n) is 3.10. The first kappa shape index (κ1) is 11.5. The highest BCUT2D eigenvalue weighted by Gasteiger charge is 2.24. The van der Waals surface area contributed by atoms with Crippen LogP contribution in [0.15, 0.2) is 12.3 Å². The van der Waals surface area contributed by atoms with E-state index in [1.165, 1.54) is 25.7 Å². The molecule has 3 rings (SSSR count). The molecule has 0 bridgehead atoms. The summed E-state index contributed by atoms with van der Waals surface area (Å²) < 4.78 is 2.14. The molecule has 2 heterocycles. The number of hydrogen-bond acceptors (Lipinski definition) is 3. The molecule has 0 saturated heterocycles. The lowest BCUT2D eigenvalue weighted by molar-refractivity contribution is 0.288. The minimum atomic E-state index is 0.467. The van der Waals surface area contributed by atoms with E-state index in [4.69, 9.17) is 5.73 Å². The molecule has 2 aromatic rings. The van der Waals surface area contributed by atoms with E-state index >= 15 is 0 Å². The molecule has 0 spiro atoms. The van der Waals surface area contributed by atoms with E-state index in [9.17, 15) is 0 Å². The van der Waals surface area contributed by atoms with E-state index in [0.717, 1.165) is 22.6 Å². The van der Waals surface area contributed by atoms with Gasteiger partial charge < -0.3 is 5.73 Å². The van der Waals surface area contributed by atoms with Crippen LogP contribution in [-0.4, -0.2) is 14.5 Å². The summed E-state index contributed by atoms with van der Waals surface area (Å²) in [5, 5.41) is 0. The van der Waals surface area contributed by atoms with Gasteiger partial charge in [-0.05, 0) is 37.3 Å². The predicted molar refractivity (Wildman–Crippen MR) is 73.3 cm³/mol. The zero-order valence-corrected chi connectivity index (χ0v) is 11.1. The molecule has 96 valence electrons. The van der Waals surface area contributed by atoms with Crippen LogP contribution in [0.25, 0.3) is 11.2 Å². The zero-order valence-electron chi connectivity index (χ0n) is 11.1. The molecule has 1 fully saturated rings. The summed E-state index contributed by atoms with van der Waals surface area (Å²) in [6, 6.07) is 2.52. The lowest BCUT2D eigenvalue weighted by Gasteiger charge is -2.28. The van der Waals surface area contributed by atoms with Crippen LogP contribution in [0.3, 0.4) is 0 Å². The van der Waals surface area contributed by atoms with Crippen molar-refractivity contribution in [2.45, 2.75) is 45.6 Å². The SMILES string of the molecule is Cc1cnc2c(c1)nc(N)n2C1CCCC(C)C1. The van der Waals surface area contributed by atoms with Crippen LogP contribution < -0.4 is 5.73 Å². The average Bonchev–Trinajstić information content (AvgIpc) is 2.64. The normalized spacial score (nSPS) is 24.6. The van der Waals surface area contributed by atoms with Crippen LogP contribution in [0.4, 0.5) is 5.95 Å². The molecule has 1 aliphatic carbocycles. The Bertz CT molecular complexity index is 572. The van der Waals surface area contributed by atoms with Crippen LogP contribution in [0.1, 0.15) is 44.2 Å². The van der Waals surface area contributed by atoms with E-state index in [-0.39, 0.29) is 0 Å². The predicted octanol–water partition coefficient (Wildman–Crippen LogP) is 3.07. The summed E-state index contributed by atoms with van der Waals surface area (Å²) >= 11 is 0. The third-order valence-electron chi connectivity index (χ3n) is 3.97. The van der Waals surface area contributed by atoms with Gasteiger partial charge in [-0.3, -0.25) is 4.57 Å². The second-order valence-corrected chi connectivity index (χ2v) is 5.62. The molecule has 0 aromatic carbocycles. The number of nitrogens with two attached hydrogens (primary N) is 1. The summed E-state index contributed by atoms with van der Waals surface area (Å²) in [6.07, 6.45) is 6.87. The molecule has 4 nitrogen and oxygen atoms in total. The van der Waals surface area contributed by atoms with Crippen LogP contribution in [0.2, 0.25) is 0 Å². The van der Waals surface area contributed by atoms with Crippen molar-refractivity contribution in [2.24, 2.45) is 5.92 Å². The molecular weight excluding hydrogens is 224 g/mol. The van der Waals surface area contributed by atoms with E-state index in [0.29, 0.717) is 12.0 Å². The topological polar surface area (TPSA) is 56.7 Å². The molecule has 2 aromatic heterocycles. The van der Waals surface area contributed by atoms with Gasteiger partial charge in [0.25, 0.3) is 0 Å². The maximum absolute atomic E-state index is 6.09. The lowest BCUT2D eigenvalue weighted by Crippen LogP contribution is -2.19.